The Bertz CT molecular complexity index is 1010. The van der Waals surface area contributed by atoms with Crippen LogP contribution < -0.4 is 10.2 Å². The molecule has 1 saturated heterocycles. The Morgan fingerprint density at radius 2 is 1.81 bits per heavy atom. The van der Waals surface area contributed by atoms with Gasteiger partial charge in [0.05, 0.1) is 5.56 Å². The molecule has 31 heavy (non-hydrogen) atoms. The van der Waals surface area contributed by atoms with E-state index in [1.807, 2.05) is 61.5 Å². The Morgan fingerprint density at radius 3 is 2.55 bits per heavy atom. The molecule has 2 heterocycles. The molecule has 6 heteroatoms. The van der Waals surface area contributed by atoms with Crippen LogP contribution in [0.4, 0.5) is 5.69 Å². The molecule has 1 aliphatic rings. The van der Waals surface area contributed by atoms with E-state index in [1.54, 1.807) is 0 Å². The van der Waals surface area contributed by atoms with Crippen molar-refractivity contribution in [1.82, 2.24) is 15.2 Å². The zero-order chi connectivity index (χ0) is 21.6. The van der Waals surface area contributed by atoms with Crippen LogP contribution in [0.2, 0.25) is 5.02 Å². The molecule has 0 bridgehead atoms. The average Bonchev–Trinajstić information content (AvgIpc) is 3.19. The quantitative estimate of drug-likeness (QED) is 0.533. The standard InChI is InChI=1S/C25H29ClN4O/c1-19-23(18-24(28-19)20-7-3-2-4-8-20)25(31)27-11-6-12-29-13-15-30(16-14-29)22-10-5-9-21(26)17-22/h2-5,7-10,17-18,28H,6,11-16H2,1H3,(H,27,31). The number of carbonyl (C=O) groups is 1. The highest BCUT2D eigenvalue weighted by Gasteiger charge is 2.17. The first kappa shape index (κ1) is 21.5. The van der Waals surface area contributed by atoms with Crippen LogP contribution in [0.3, 0.4) is 0 Å². The molecule has 1 fully saturated rings. The number of aryl methyl sites for hydroxylation is 1. The van der Waals surface area contributed by atoms with Gasteiger partial charge in [0.2, 0.25) is 0 Å². The molecule has 0 spiro atoms. The Balaban J connectivity index is 1.20. The van der Waals surface area contributed by atoms with Gasteiger partial charge in [0.1, 0.15) is 0 Å². The third kappa shape index (κ3) is 5.49. The summed E-state index contributed by atoms with van der Waals surface area (Å²) >= 11 is 6.12. The fourth-order valence-electron chi connectivity index (χ4n) is 4.07. The van der Waals surface area contributed by atoms with Crippen LogP contribution in [-0.4, -0.2) is 55.1 Å². The highest BCUT2D eigenvalue weighted by molar-refractivity contribution is 6.30. The molecular formula is C25H29ClN4O. The van der Waals surface area contributed by atoms with E-state index >= 15 is 0 Å². The molecule has 0 unspecified atom stereocenters. The van der Waals surface area contributed by atoms with Crippen LogP contribution in [-0.2, 0) is 0 Å². The van der Waals surface area contributed by atoms with E-state index in [0.29, 0.717) is 12.1 Å². The van der Waals surface area contributed by atoms with Crippen LogP contribution in [0.1, 0.15) is 22.5 Å². The second kappa shape index (κ2) is 10.0. The lowest BCUT2D eigenvalue weighted by atomic mass is 10.1. The maximum absolute atomic E-state index is 12.6. The van der Waals surface area contributed by atoms with Crippen molar-refractivity contribution in [2.24, 2.45) is 0 Å². The number of aromatic amines is 1. The van der Waals surface area contributed by atoms with Crippen molar-refractivity contribution in [1.29, 1.82) is 0 Å². The molecule has 0 saturated carbocycles. The SMILES string of the molecule is Cc1[nH]c(-c2ccccc2)cc1C(=O)NCCCN1CCN(c2cccc(Cl)c2)CC1. The molecular weight excluding hydrogens is 408 g/mol. The minimum absolute atomic E-state index is 0.0123. The maximum atomic E-state index is 12.6. The summed E-state index contributed by atoms with van der Waals surface area (Å²) in [6, 6.07) is 20.1. The van der Waals surface area contributed by atoms with Crippen molar-refractivity contribution in [3.63, 3.8) is 0 Å². The van der Waals surface area contributed by atoms with Gasteiger partial charge >= 0.3 is 0 Å². The number of benzene rings is 2. The number of hydrogen-bond donors (Lipinski definition) is 2. The first-order valence-corrected chi connectivity index (χ1v) is 11.2. The van der Waals surface area contributed by atoms with Crippen molar-refractivity contribution in [2.45, 2.75) is 13.3 Å². The number of nitrogens with one attached hydrogen (secondary N) is 2. The summed E-state index contributed by atoms with van der Waals surface area (Å²) in [4.78, 5) is 20.8. The lowest BCUT2D eigenvalue weighted by Gasteiger charge is -2.36. The number of hydrogen-bond acceptors (Lipinski definition) is 3. The zero-order valence-corrected chi connectivity index (χ0v) is 18.7. The number of carbonyl (C=O) groups excluding carboxylic acids is 1. The minimum Gasteiger partial charge on any atom is -0.369 e. The van der Waals surface area contributed by atoms with E-state index in [4.69, 9.17) is 11.6 Å². The Morgan fingerprint density at radius 1 is 1.03 bits per heavy atom. The van der Waals surface area contributed by atoms with E-state index in [9.17, 15) is 4.79 Å². The van der Waals surface area contributed by atoms with Crippen LogP contribution in [0.5, 0.6) is 0 Å². The lowest BCUT2D eigenvalue weighted by molar-refractivity contribution is 0.0951. The number of rotatable bonds is 7. The van der Waals surface area contributed by atoms with Crippen LogP contribution in [0.15, 0.2) is 60.7 Å². The van der Waals surface area contributed by atoms with Gasteiger partial charge in [0, 0.05) is 54.8 Å². The molecule has 1 aliphatic heterocycles. The highest BCUT2D eigenvalue weighted by Crippen LogP contribution is 2.22. The largest absolute Gasteiger partial charge is 0.369 e. The van der Waals surface area contributed by atoms with Gasteiger partial charge in [0.25, 0.3) is 5.91 Å². The van der Waals surface area contributed by atoms with E-state index in [0.717, 1.165) is 61.1 Å². The summed E-state index contributed by atoms with van der Waals surface area (Å²) in [7, 11) is 0. The topological polar surface area (TPSA) is 51.4 Å². The van der Waals surface area contributed by atoms with Crippen LogP contribution in [0.25, 0.3) is 11.3 Å². The van der Waals surface area contributed by atoms with Gasteiger partial charge in [0.15, 0.2) is 0 Å². The van der Waals surface area contributed by atoms with Crippen molar-refractivity contribution >= 4 is 23.2 Å². The highest BCUT2D eigenvalue weighted by atomic mass is 35.5. The molecule has 5 nitrogen and oxygen atoms in total. The lowest BCUT2D eigenvalue weighted by Crippen LogP contribution is -2.47. The molecule has 1 aromatic heterocycles. The summed E-state index contributed by atoms with van der Waals surface area (Å²) in [6.07, 6.45) is 0.942. The molecule has 0 atom stereocenters. The second-order valence-corrected chi connectivity index (χ2v) is 8.44. The van der Waals surface area contributed by atoms with Gasteiger partial charge in [-0.25, -0.2) is 0 Å². The van der Waals surface area contributed by atoms with E-state index in [2.05, 4.69) is 26.2 Å². The number of aromatic nitrogens is 1. The maximum Gasteiger partial charge on any atom is 0.253 e. The van der Waals surface area contributed by atoms with Gasteiger partial charge in [-0.05, 0) is 49.7 Å². The molecule has 3 aromatic rings. The number of nitrogens with zero attached hydrogens (tertiary/aromatic N) is 2. The molecule has 1 amide bonds. The van der Waals surface area contributed by atoms with Crippen LogP contribution >= 0.6 is 11.6 Å². The summed E-state index contributed by atoms with van der Waals surface area (Å²) < 4.78 is 0. The van der Waals surface area contributed by atoms with Crippen molar-refractivity contribution < 1.29 is 4.79 Å². The normalized spacial score (nSPS) is 14.6. The first-order chi connectivity index (χ1) is 15.1. The monoisotopic (exact) mass is 436 g/mol. The molecule has 2 aromatic carbocycles. The van der Waals surface area contributed by atoms with Crippen LogP contribution in [0, 0.1) is 6.92 Å². The van der Waals surface area contributed by atoms with Gasteiger partial charge < -0.3 is 15.2 Å². The fraction of sp³-hybridized carbons (Fsp3) is 0.320. The van der Waals surface area contributed by atoms with E-state index in [-0.39, 0.29) is 5.91 Å². The predicted octanol–water partition coefficient (Wildman–Crippen LogP) is 4.59. The molecule has 0 radical (unpaired) electrons. The smallest absolute Gasteiger partial charge is 0.253 e. The van der Waals surface area contributed by atoms with Gasteiger partial charge in [-0.1, -0.05) is 48.0 Å². The average molecular weight is 437 g/mol. The summed E-state index contributed by atoms with van der Waals surface area (Å²) in [6.45, 7) is 7.66. The summed E-state index contributed by atoms with van der Waals surface area (Å²) in [5.74, 6) is -0.0123. The number of piperazine rings is 1. The van der Waals surface area contributed by atoms with Crippen molar-refractivity contribution in [2.75, 3.05) is 44.2 Å². The summed E-state index contributed by atoms with van der Waals surface area (Å²) in [5.41, 5.74) is 4.86. The van der Waals surface area contributed by atoms with Gasteiger partial charge in [-0.15, -0.1) is 0 Å². The third-order valence-electron chi connectivity index (χ3n) is 5.83. The fourth-order valence-corrected chi connectivity index (χ4v) is 4.25. The Labute approximate surface area is 189 Å². The van der Waals surface area contributed by atoms with E-state index < -0.39 is 0 Å². The van der Waals surface area contributed by atoms with Crippen molar-refractivity contribution in [3.8, 4) is 11.3 Å². The second-order valence-electron chi connectivity index (χ2n) is 8.01. The number of halogens is 1. The number of amides is 1. The molecule has 4 rings (SSSR count). The Kier molecular flexibility index (Phi) is 6.95. The van der Waals surface area contributed by atoms with Gasteiger partial charge in [-0.3, -0.25) is 9.69 Å². The third-order valence-corrected chi connectivity index (χ3v) is 6.06. The number of H-pyrrole nitrogens is 1. The zero-order valence-electron chi connectivity index (χ0n) is 17.9. The van der Waals surface area contributed by atoms with Crippen molar-refractivity contribution in [3.05, 3.63) is 76.9 Å². The van der Waals surface area contributed by atoms with E-state index in [1.165, 1.54) is 5.69 Å². The first-order valence-electron chi connectivity index (χ1n) is 10.9. The predicted molar refractivity (Wildman–Crippen MR) is 128 cm³/mol. The van der Waals surface area contributed by atoms with Gasteiger partial charge in [-0.2, -0.15) is 0 Å². The minimum atomic E-state index is -0.0123. The summed E-state index contributed by atoms with van der Waals surface area (Å²) in [5, 5.41) is 3.86. The molecule has 0 aliphatic carbocycles. The molecule has 162 valence electrons. The Hall–Kier alpha value is -2.76. The number of anilines is 1. The molecule has 2 N–H and O–H groups in total.